The van der Waals surface area contributed by atoms with Gasteiger partial charge in [0.15, 0.2) is 5.78 Å². The number of hydrogen-bond acceptors (Lipinski definition) is 3. The fourth-order valence-corrected chi connectivity index (χ4v) is 2.72. The van der Waals surface area contributed by atoms with Crippen LogP contribution < -0.4 is 9.03 Å². The molecule has 0 unspecified atom stereocenters. The summed E-state index contributed by atoms with van der Waals surface area (Å²) in [5.74, 6) is -0.0156. The molecule has 1 aromatic rings. The van der Waals surface area contributed by atoms with Gasteiger partial charge in [-0.3, -0.25) is 9.10 Å². The molecule has 0 fully saturated rings. The van der Waals surface area contributed by atoms with Gasteiger partial charge in [-0.2, -0.15) is 8.42 Å². The summed E-state index contributed by atoms with van der Waals surface area (Å²) in [5, 5.41) is 0. The number of nitrogens with one attached hydrogen (secondary N) is 1. The number of carbonyl (C=O) groups is 1. The van der Waals surface area contributed by atoms with Crippen molar-refractivity contribution in [2.75, 3.05) is 17.9 Å². The first-order valence-electron chi connectivity index (χ1n) is 4.89. The highest BCUT2D eigenvalue weighted by Crippen LogP contribution is 2.28. The van der Waals surface area contributed by atoms with Gasteiger partial charge in [-0.1, -0.05) is 12.1 Å². The van der Waals surface area contributed by atoms with Crippen LogP contribution in [0.4, 0.5) is 5.69 Å². The molecule has 0 saturated heterocycles. The zero-order valence-electron chi connectivity index (χ0n) is 8.80. The number of rotatable bonds is 2. The number of hydrogen-bond donors (Lipinski definition) is 1. The van der Waals surface area contributed by atoms with Crippen molar-refractivity contribution in [2.24, 2.45) is 0 Å². The molecule has 0 atom stereocenters. The summed E-state index contributed by atoms with van der Waals surface area (Å²) in [5.41, 5.74) is 0.917. The van der Waals surface area contributed by atoms with Gasteiger partial charge in [0.05, 0.1) is 5.69 Å². The van der Waals surface area contributed by atoms with Gasteiger partial charge in [-0.25, -0.2) is 4.72 Å². The number of fused-ring (bicyclic) bond motifs is 1. The summed E-state index contributed by atoms with van der Waals surface area (Å²) in [6.45, 7) is 0.193. The Labute approximate surface area is 94.3 Å². The van der Waals surface area contributed by atoms with E-state index >= 15 is 0 Å². The molecule has 6 heteroatoms. The molecule has 1 heterocycles. The Kier molecular flexibility index (Phi) is 2.69. The first-order chi connectivity index (χ1) is 7.56. The zero-order valence-corrected chi connectivity index (χ0v) is 9.62. The monoisotopic (exact) mass is 240 g/mol. The Hall–Kier alpha value is -1.40. The lowest BCUT2D eigenvalue weighted by Crippen LogP contribution is -2.43. The largest absolute Gasteiger partial charge is 0.301 e. The maximum absolute atomic E-state index is 11.7. The maximum atomic E-state index is 11.7. The maximum Gasteiger partial charge on any atom is 0.301 e. The standard InChI is InChI=1S/C10H12N2O3S/c1-11-16(14,15)12-7-6-10(13)8-4-2-3-5-9(8)12/h2-5,11H,6-7H2,1H3. The van der Waals surface area contributed by atoms with Crippen molar-refractivity contribution in [3.8, 4) is 0 Å². The Morgan fingerprint density at radius 3 is 2.69 bits per heavy atom. The molecule has 0 amide bonds. The number of anilines is 1. The van der Waals surface area contributed by atoms with Crippen LogP contribution in [0.15, 0.2) is 24.3 Å². The molecule has 1 aliphatic rings. The van der Waals surface area contributed by atoms with E-state index in [2.05, 4.69) is 4.72 Å². The van der Waals surface area contributed by atoms with Crippen molar-refractivity contribution in [1.29, 1.82) is 0 Å². The van der Waals surface area contributed by atoms with Gasteiger partial charge in [0.1, 0.15) is 0 Å². The lowest BCUT2D eigenvalue weighted by atomic mass is 10.0. The third-order valence-corrected chi connectivity index (χ3v) is 4.04. The minimum Gasteiger partial charge on any atom is -0.294 e. The van der Waals surface area contributed by atoms with E-state index < -0.39 is 10.2 Å². The second-order valence-electron chi connectivity index (χ2n) is 3.47. The molecule has 86 valence electrons. The summed E-state index contributed by atoms with van der Waals surface area (Å²) < 4.78 is 26.9. The molecule has 0 saturated carbocycles. The Balaban J connectivity index is 2.55. The van der Waals surface area contributed by atoms with Crippen molar-refractivity contribution in [2.45, 2.75) is 6.42 Å². The lowest BCUT2D eigenvalue weighted by Gasteiger charge is -2.28. The van der Waals surface area contributed by atoms with Crippen LogP contribution in [-0.4, -0.2) is 27.8 Å². The highest BCUT2D eigenvalue weighted by atomic mass is 32.2. The number of nitrogens with zero attached hydrogens (tertiary/aromatic N) is 1. The number of benzene rings is 1. The van der Waals surface area contributed by atoms with E-state index in [4.69, 9.17) is 0 Å². The fraction of sp³-hybridized carbons (Fsp3) is 0.300. The highest BCUT2D eigenvalue weighted by molar-refractivity contribution is 7.90. The van der Waals surface area contributed by atoms with Crippen molar-refractivity contribution in [3.05, 3.63) is 29.8 Å². The molecule has 0 spiro atoms. The van der Waals surface area contributed by atoms with Crippen LogP contribution in [0.3, 0.4) is 0 Å². The van der Waals surface area contributed by atoms with Crippen molar-refractivity contribution >= 4 is 21.7 Å². The summed E-state index contributed by atoms with van der Waals surface area (Å²) in [4.78, 5) is 11.6. The molecule has 0 aliphatic carbocycles. The van der Waals surface area contributed by atoms with Crippen LogP contribution >= 0.6 is 0 Å². The summed E-state index contributed by atoms with van der Waals surface area (Å²) in [7, 11) is -2.17. The third-order valence-electron chi connectivity index (χ3n) is 2.56. The van der Waals surface area contributed by atoms with Crippen molar-refractivity contribution in [3.63, 3.8) is 0 Å². The SMILES string of the molecule is CNS(=O)(=O)N1CCC(=O)c2ccccc21. The zero-order chi connectivity index (χ0) is 11.8. The number of para-hydroxylation sites is 1. The Morgan fingerprint density at radius 1 is 1.31 bits per heavy atom. The molecule has 0 aromatic heterocycles. The van der Waals surface area contributed by atoms with Crippen molar-refractivity contribution in [1.82, 2.24) is 4.72 Å². The van der Waals surface area contributed by atoms with E-state index in [0.29, 0.717) is 11.3 Å². The molecule has 1 aromatic carbocycles. The van der Waals surface area contributed by atoms with Crippen LogP contribution in [0.2, 0.25) is 0 Å². The fourth-order valence-electron chi connectivity index (χ4n) is 1.74. The first kappa shape index (κ1) is 11.1. The highest BCUT2D eigenvalue weighted by Gasteiger charge is 2.29. The van der Waals surface area contributed by atoms with Gasteiger partial charge in [0, 0.05) is 25.6 Å². The third kappa shape index (κ3) is 1.70. The quantitative estimate of drug-likeness (QED) is 0.820. The molecule has 0 bridgehead atoms. The van der Waals surface area contributed by atoms with Crippen LogP contribution in [0, 0.1) is 0 Å². The van der Waals surface area contributed by atoms with Crippen LogP contribution in [0.1, 0.15) is 16.8 Å². The predicted molar refractivity (Wildman–Crippen MR) is 60.7 cm³/mol. The van der Waals surface area contributed by atoms with Crippen LogP contribution in [-0.2, 0) is 10.2 Å². The second kappa shape index (κ2) is 3.88. The number of Topliss-reactive ketones (excluding diaryl/α,β-unsaturated/α-hetero) is 1. The van der Waals surface area contributed by atoms with Gasteiger partial charge in [-0.15, -0.1) is 0 Å². The second-order valence-corrected chi connectivity index (χ2v) is 5.27. The lowest BCUT2D eigenvalue weighted by molar-refractivity contribution is 0.0982. The topological polar surface area (TPSA) is 66.5 Å². The molecule has 5 nitrogen and oxygen atoms in total. The van der Waals surface area contributed by atoms with E-state index in [1.807, 2.05) is 0 Å². The summed E-state index contributed by atoms with van der Waals surface area (Å²) in [6.07, 6.45) is 0.220. The van der Waals surface area contributed by atoms with Gasteiger partial charge in [0.25, 0.3) is 0 Å². The molecule has 1 aliphatic heterocycles. The van der Waals surface area contributed by atoms with Gasteiger partial charge in [0.2, 0.25) is 0 Å². The summed E-state index contributed by atoms with van der Waals surface area (Å²) >= 11 is 0. The minimum atomic E-state index is -3.53. The smallest absolute Gasteiger partial charge is 0.294 e. The molecule has 1 N–H and O–H groups in total. The molecule has 16 heavy (non-hydrogen) atoms. The number of carbonyl (C=O) groups excluding carboxylic acids is 1. The minimum absolute atomic E-state index is 0.0156. The molecule has 0 radical (unpaired) electrons. The molecule has 2 rings (SSSR count). The van der Waals surface area contributed by atoms with Gasteiger partial charge in [-0.05, 0) is 12.1 Å². The normalized spacial score (nSPS) is 16.1. The van der Waals surface area contributed by atoms with Gasteiger partial charge >= 0.3 is 10.2 Å². The van der Waals surface area contributed by atoms with E-state index in [1.165, 1.54) is 11.4 Å². The first-order valence-corrected chi connectivity index (χ1v) is 6.33. The van der Waals surface area contributed by atoms with Gasteiger partial charge < -0.3 is 0 Å². The van der Waals surface area contributed by atoms with Crippen LogP contribution in [0.5, 0.6) is 0 Å². The van der Waals surface area contributed by atoms with Crippen molar-refractivity contribution < 1.29 is 13.2 Å². The van der Waals surface area contributed by atoms with E-state index in [1.54, 1.807) is 24.3 Å². The Bertz CT molecular complexity index is 525. The average Bonchev–Trinajstić information content (AvgIpc) is 2.29. The molecular formula is C10H12N2O3S. The Morgan fingerprint density at radius 2 is 2.00 bits per heavy atom. The van der Waals surface area contributed by atoms with Crippen LogP contribution in [0.25, 0.3) is 0 Å². The number of ketones is 1. The summed E-state index contributed by atoms with van der Waals surface area (Å²) in [6, 6.07) is 6.73. The van der Waals surface area contributed by atoms with E-state index in [9.17, 15) is 13.2 Å². The molecular weight excluding hydrogens is 228 g/mol. The van der Waals surface area contributed by atoms with E-state index in [-0.39, 0.29) is 18.7 Å². The van der Waals surface area contributed by atoms with E-state index in [0.717, 1.165) is 0 Å². The predicted octanol–water partition coefficient (Wildman–Crippen LogP) is 0.544. The average molecular weight is 240 g/mol.